The molecule has 0 aromatic carbocycles. The minimum absolute atomic E-state index is 0.0121. The molecule has 0 radical (unpaired) electrons. The Bertz CT molecular complexity index is 269. The Labute approximate surface area is 96.9 Å². The Kier molecular flexibility index (Phi) is 3.96. The molecule has 3 aliphatic rings. The van der Waals surface area contributed by atoms with Crippen LogP contribution in [0.15, 0.2) is 12.2 Å². The molecule has 16 heavy (non-hydrogen) atoms. The molecular weight excluding hydrogens is 202 g/mol. The van der Waals surface area contributed by atoms with Crippen molar-refractivity contribution >= 4 is 5.91 Å². The summed E-state index contributed by atoms with van der Waals surface area (Å²) in [5, 5.41) is 2.75. The maximum Gasteiger partial charge on any atom is 0.243 e. The van der Waals surface area contributed by atoms with Crippen molar-refractivity contribution in [2.24, 2.45) is 17.6 Å². The molecule has 0 saturated carbocycles. The van der Waals surface area contributed by atoms with E-state index in [1.54, 1.807) is 6.08 Å². The molecule has 0 aromatic rings. The smallest absolute Gasteiger partial charge is 0.243 e. The monoisotopic (exact) mass is 223 g/mol. The van der Waals surface area contributed by atoms with Gasteiger partial charge in [-0.05, 0) is 43.8 Å². The van der Waals surface area contributed by atoms with Crippen LogP contribution in [0.5, 0.6) is 0 Å². The van der Waals surface area contributed by atoms with E-state index >= 15 is 0 Å². The highest BCUT2D eigenvalue weighted by molar-refractivity contribution is 5.87. The fraction of sp³-hybridized carbons (Fsp3) is 0.750. The van der Waals surface area contributed by atoms with Gasteiger partial charge < -0.3 is 16.0 Å². The van der Waals surface area contributed by atoms with Gasteiger partial charge in [-0.1, -0.05) is 6.08 Å². The van der Waals surface area contributed by atoms with Crippen molar-refractivity contribution in [1.82, 2.24) is 10.2 Å². The van der Waals surface area contributed by atoms with Crippen LogP contribution in [0.3, 0.4) is 0 Å². The predicted octanol–water partition coefficient (Wildman–Crippen LogP) is -0.0407. The van der Waals surface area contributed by atoms with Crippen LogP contribution in [0.1, 0.15) is 12.8 Å². The fourth-order valence-electron chi connectivity index (χ4n) is 2.69. The van der Waals surface area contributed by atoms with E-state index in [9.17, 15) is 4.79 Å². The summed E-state index contributed by atoms with van der Waals surface area (Å²) in [4.78, 5) is 13.9. The molecule has 90 valence electrons. The standard InChI is InChI=1S/C12H21N3O/c13-5-6-14-12(16)2-1-11-9-15-7-3-10(11)4-8-15/h1-2,10-11H,3-9,13H2,(H,14,16)/b2-1+. The molecule has 0 aromatic heterocycles. The Morgan fingerprint density at radius 3 is 2.75 bits per heavy atom. The third kappa shape index (κ3) is 2.83. The SMILES string of the molecule is NCCNC(=O)/C=C/C1CN2CCC1CC2. The molecule has 1 unspecified atom stereocenters. The van der Waals surface area contributed by atoms with E-state index in [1.165, 1.54) is 25.9 Å². The maximum atomic E-state index is 11.4. The molecule has 0 aliphatic carbocycles. The number of nitrogens with two attached hydrogens (primary N) is 1. The first-order valence-electron chi connectivity index (χ1n) is 6.18. The average Bonchev–Trinajstić information content (AvgIpc) is 2.35. The number of carbonyl (C=O) groups is 1. The number of amides is 1. The third-order valence-corrected chi connectivity index (χ3v) is 3.65. The van der Waals surface area contributed by atoms with Gasteiger partial charge in [0.2, 0.25) is 5.91 Å². The van der Waals surface area contributed by atoms with E-state index in [4.69, 9.17) is 5.73 Å². The lowest BCUT2D eigenvalue weighted by Gasteiger charge is -2.43. The second-order valence-electron chi connectivity index (χ2n) is 4.74. The summed E-state index contributed by atoms with van der Waals surface area (Å²) in [6.45, 7) is 4.68. The molecule has 4 nitrogen and oxygen atoms in total. The summed E-state index contributed by atoms with van der Waals surface area (Å²) in [5.74, 6) is 1.36. The van der Waals surface area contributed by atoms with Crippen molar-refractivity contribution in [3.63, 3.8) is 0 Å². The van der Waals surface area contributed by atoms with E-state index in [2.05, 4.69) is 16.3 Å². The normalized spacial score (nSPS) is 33.2. The zero-order chi connectivity index (χ0) is 11.4. The second-order valence-corrected chi connectivity index (χ2v) is 4.74. The van der Waals surface area contributed by atoms with Gasteiger partial charge in [-0.2, -0.15) is 0 Å². The van der Waals surface area contributed by atoms with E-state index in [-0.39, 0.29) is 5.91 Å². The van der Waals surface area contributed by atoms with E-state index in [1.807, 2.05) is 0 Å². The summed E-state index contributed by atoms with van der Waals surface area (Å²) >= 11 is 0. The van der Waals surface area contributed by atoms with Gasteiger partial charge in [0, 0.05) is 19.6 Å². The summed E-state index contributed by atoms with van der Waals surface area (Å²) in [5.41, 5.74) is 5.32. The number of piperidine rings is 3. The first kappa shape index (κ1) is 11.6. The van der Waals surface area contributed by atoms with Crippen molar-refractivity contribution in [1.29, 1.82) is 0 Å². The average molecular weight is 223 g/mol. The number of rotatable bonds is 4. The zero-order valence-corrected chi connectivity index (χ0v) is 9.69. The zero-order valence-electron chi connectivity index (χ0n) is 9.69. The summed E-state index contributed by atoms with van der Waals surface area (Å²) in [7, 11) is 0. The van der Waals surface area contributed by atoms with Crippen molar-refractivity contribution in [2.45, 2.75) is 12.8 Å². The number of hydrogen-bond donors (Lipinski definition) is 2. The number of fused-ring (bicyclic) bond motifs is 3. The number of hydrogen-bond acceptors (Lipinski definition) is 3. The molecule has 1 amide bonds. The topological polar surface area (TPSA) is 58.4 Å². The van der Waals surface area contributed by atoms with Gasteiger partial charge in [-0.25, -0.2) is 0 Å². The highest BCUT2D eigenvalue weighted by atomic mass is 16.1. The van der Waals surface area contributed by atoms with Gasteiger partial charge in [-0.15, -0.1) is 0 Å². The molecule has 0 spiro atoms. The predicted molar refractivity (Wildman–Crippen MR) is 63.9 cm³/mol. The largest absolute Gasteiger partial charge is 0.351 e. The molecule has 3 fully saturated rings. The van der Waals surface area contributed by atoms with Gasteiger partial charge in [0.05, 0.1) is 0 Å². The molecule has 1 atom stereocenters. The first-order chi connectivity index (χ1) is 7.79. The maximum absolute atomic E-state index is 11.4. The number of nitrogens with one attached hydrogen (secondary N) is 1. The number of nitrogens with zero attached hydrogens (tertiary/aromatic N) is 1. The Hall–Kier alpha value is -0.870. The van der Waals surface area contributed by atoms with Crippen molar-refractivity contribution in [3.05, 3.63) is 12.2 Å². The van der Waals surface area contributed by atoms with Crippen molar-refractivity contribution < 1.29 is 4.79 Å². The minimum atomic E-state index is -0.0121. The summed E-state index contributed by atoms with van der Waals surface area (Å²) in [6, 6.07) is 0. The van der Waals surface area contributed by atoms with Crippen LogP contribution in [-0.2, 0) is 4.79 Å². The lowest BCUT2D eigenvalue weighted by molar-refractivity contribution is -0.116. The van der Waals surface area contributed by atoms with Crippen LogP contribution in [0.25, 0.3) is 0 Å². The lowest BCUT2D eigenvalue weighted by Crippen LogP contribution is -2.46. The molecular formula is C12H21N3O. The van der Waals surface area contributed by atoms with E-state index in [0.29, 0.717) is 19.0 Å². The Morgan fingerprint density at radius 2 is 2.19 bits per heavy atom. The third-order valence-electron chi connectivity index (χ3n) is 3.65. The molecule has 4 heteroatoms. The highest BCUT2D eigenvalue weighted by Crippen LogP contribution is 2.32. The lowest BCUT2D eigenvalue weighted by atomic mass is 9.79. The van der Waals surface area contributed by atoms with Crippen LogP contribution >= 0.6 is 0 Å². The Morgan fingerprint density at radius 1 is 1.44 bits per heavy atom. The highest BCUT2D eigenvalue weighted by Gasteiger charge is 2.32. The molecule has 3 aliphatic heterocycles. The van der Waals surface area contributed by atoms with Gasteiger partial charge >= 0.3 is 0 Å². The summed E-state index contributed by atoms with van der Waals surface area (Å²) in [6.07, 6.45) is 6.35. The second kappa shape index (κ2) is 5.46. The van der Waals surface area contributed by atoms with Gasteiger partial charge in [-0.3, -0.25) is 4.79 Å². The van der Waals surface area contributed by atoms with Gasteiger partial charge in [0.1, 0.15) is 0 Å². The molecule has 3 heterocycles. The molecule has 3 N–H and O–H groups in total. The van der Waals surface area contributed by atoms with Crippen LogP contribution < -0.4 is 11.1 Å². The summed E-state index contributed by atoms with van der Waals surface area (Å²) < 4.78 is 0. The fourth-order valence-corrected chi connectivity index (χ4v) is 2.69. The van der Waals surface area contributed by atoms with Gasteiger partial charge in [0.15, 0.2) is 0 Å². The molecule has 3 saturated heterocycles. The van der Waals surface area contributed by atoms with Crippen LogP contribution in [0.2, 0.25) is 0 Å². The minimum Gasteiger partial charge on any atom is -0.351 e. The van der Waals surface area contributed by atoms with Crippen molar-refractivity contribution in [3.8, 4) is 0 Å². The Balaban J connectivity index is 1.80. The molecule has 3 rings (SSSR count). The van der Waals surface area contributed by atoms with Gasteiger partial charge in [0.25, 0.3) is 0 Å². The number of carbonyl (C=O) groups excluding carboxylic acids is 1. The van der Waals surface area contributed by atoms with E-state index < -0.39 is 0 Å². The van der Waals surface area contributed by atoms with Crippen LogP contribution in [0, 0.1) is 11.8 Å². The molecule has 2 bridgehead atoms. The quantitative estimate of drug-likeness (QED) is 0.658. The van der Waals surface area contributed by atoms with E-state index in [0.717, 1.165) is 12.5 Å². The first-order valence-corrected chi connectivity index (χ1v) is 6.18. The van der Waals surface area contributed by atoms with Crippen LogP contribution in [-0.4, -0.2) is 43.5 Å². The van der Waals surface area contributed by atoms with Crippen LogP contribution in [0.4, 0.5) is 0 Å². The van der Waals surface area contributed by atoms with Crippen molar-refractivity contribution in [2.75, 3.05) is 32.7 Å².